The van der Waals surface area contributed by atoms with Crippen molar-refractivity contribution in [2.75, 3.05) is 0 Å². The molecule has 2 atom stereocenters. The Balaban J connectivity index is 2.01. The standard InChI is InChI=1S/C16H17ClN2O3S/c17-14-4-1-5-15(16(14)11-3-2-8-18-10-11)23(21,22)19-12-6-7-13(20)9-12/h1-5,8,10,12-13,19-20H,6-7,9H2/t12-,13+/m1/s1. The molecule has 3 rings (SSSR count). The lowest BCUT2D eigenvalue weighted by Crippen LogP contribution is -2.33. The maximum Gasteiger partial charge on any atom is 0.241 e. The molecule has 1 aromatic heterocycles. The minimum absolute atomic E-state index is 0.124. The van der Waals surface area contributed by atoms with Crippen molar-refractivity contribution >= 4 is 21.6 Å². The van der Waals surface area contributed by atoms with Gasteiger partial charge in [-0.25, -0.2) is 13.1 Å². The molecule has 1 aliphatic carbocycles. The van der Waals surface area contributed by atoms with Gasteiger partial charge in [0.15, 0.2) is 0 Å². The molecule has 0 bridgehead atoms. The van der Waals surface area contributed by atoms with Crippen LogP contribution in [-0.4, -0.2) is 30.7 Å². The van der Waals surface area contributed by atoms with Gasteiger partial charge in [0.25, 0.3) is 0 Å². The van der Waals surface area contributed by atoms with Gasteiger partial charge in [-0.15, -0.1) is 0 Å². The second-order valence-corrected chi connectivity index (χ2v) is 7.73. The number of halogens is 1. The molecule has 7 heteroatoms. The maximum absolute atomic E-state index is 12.8. The Labute approximate surface area is 140 Å². The summed E-state index contributed by atoms with van der Waals surface area (Å²) in [6.07, 6.45) is 4.43. The first-order valence-corrected chi connectivity index (χ1v) is 9.23. The Morgan fingerprint density at radius 1 is 1.22 bits per heavy atom. The van der Waals surface area contributed by atoms with Crippen molar-refractivity contribution in [1.82, 2.24) is 9.71 Å². The van der Waals surface area contributed by atoms with Crippen LogP contribution in [0.2, 0.25) is 5.02 Å². The van der Waals surface area contributed by atoms with E-state index in [0.29, 0.717) is 35.4 Å². The zero-order valence-electron chi connectivity index (χ0n) is 12.3. The Bertz CT molecular complexity index is 796. The normalized spacial score (nSPS) is 21.5. The second-order valence-electron chi connectivity index (χ2n) is 5.64. The number of nitrogens with zero attached hydrogens (tertiary/aromatic N) is 1. The van der Waals surface area contributed by atoms with E-state index in [0.717, 1.165) is 0 Å². The zero-order valence-corrected chi connectivity index (χ0v) is 13.9. The van der Waals surface area contributed by atoms with Gasteiger partial charge in [0.2, 0.25) is 10.0 Å². The van der Waals surface area contributed by atoms with E-state index in [1.54, 1.807) is 36.7 Å². The van der Waals surface area contributed by atoms with Crippen LogP contribution in [0.3, 0.4) is 0 Å². The van der Waals surface area contributed by atoms with Crippen LogP contribution < -0.4 is 4.72 Å². The van der Waals surface area contributed by atoms with Crippen LogP contribution in [0.15, 0.2) is 47.6 Å². The Kier molecular flexibility index (Phi) is 4.68. The first-order chi connectivity index (χ1) is 11.0. The van der Waals surface area contributed by atoms with Crippen molar-refractivity contribution in [3.63, 3.8) is 0 Å². The number of hydrogen-bond donors (Lipinski definition) is 2. The molecular weight excluding hydrogens is 336 g/mol. The number of hydrogen-bond acceptors (Lipinski definition) is 4. The van der Waals surface area contributed by atoms with Crippen molar-refractivity contribution in [1.29, 1.82) is 0 Å². The van der Waals surface area contributed by atoms with Crippen molar-refractivity contribution in [3.8, 4) is 11.1 Å². The van der Waals surface area contributed by atoms with Crippen LogP contribution in [0.4, 0.5) is 0 Å². The molecule has 1 fully saturated rings. The highest BCUT2D eigenvalue weighted by Crippen LogP contribution is 2.34. The fourth-order valence-corrected chi connectivity index (χ4v) is 4.74. The average Bonchev–Trinajstić information content (AvgIpc) is 2.92. The van der Waals surface area contributed by atoms with Crippen molar-refractivity contribution in [2.45, 2.75) is 36.3 Å². The SMILES string of the molecule is O=S(=O)(N[C@@H]1CC[C@H](O)C1)c1cccc(Cl)c1-c1cccnc1. The summed E-state index contributed by atoms with van der Waals surface area (Å²) >= 11 is 6.25. The molecule has 5 nitrogen and oxygen atoms in total. The lowest BCUT2D eigenvalue weighted by atomic mass is 10.1. The smallest absolute Gasteiger partial charge is 0.241 e. The summed E-state index contributed by atoms with van der Waals surface area (Å²) < 4.78 is 28.2. The quantitative estimate of drug-likeness (QED) is 0.886. The molecule has 1 heterocycles. The van der Waals surface area contributed by atoms with Crippen LogP contribution in [-0.2, 0) is 10.0 Å². The van der Waals surface area contributed by atoms with Gasteiger partial charge in [0, 0.05) is 34.6 Å². The molecule has 0 radical (unpaired) electrons. The second kappa shape index (κ2) is 6.57. The molecule has 1 aromatic carbocycles. The largest absolute Gasteiger partial charge is 0.393 e. The fourth-order valence-electron chi connectivity index (χ4n) is 2.87. The van der Waals surface area contributed by atoms with E-state index >= 15 is 0 Å². The molecule has 122 valence electrons. The number of rotatable bonds is 4. The summed E-state index contributed by atoms with van der Waals surface area (Å²) in [5.41, 5.74) is 1.08. The Hall–Kier alpha value is -1.47. The Morgan fingerprint density at radius 2 is 2.04 bits per heavy atom. The molecule has 0 spiro atoms. The minimum atomic E-state index is -3.74. The van der Waals surface area contributed by atoms with Gasteiger partial charge in [-0.1, -0.05) is 23.7 Å². The van der Waals surface area contributed by atoms with Gasteiger partial charge in [-0.3, -0.25) is 4.98 Å². The van der Waals surface area contributed by atoms with E-state index in [2.05, 4.69) is 9.71 Å². The monoisotopic (exact) mass is 352 g/mol. The van der Waals surface area contributed by atoms with Gasteiger partial charge >= 0.3 is 0 Å². The molecular formula is C16H17ClN2O3S. The topological polar surface area (TPSA) is 79.3 Å². The predicted octanol–water partition coefficient (Wildman–Crippen LogP) is 2.59. The first-order valence-electron chi connectivity index (χ1n) is 7.36. The number of aliphatic hydroxyl groups is 1. The van der Waals surface area contributed by atoms with Crippen LogP contribution in [0.1, 0.15) is 19.3 Å². The van der Waals surface area contributed by atoms with Crippen LogP contribution >= 0.6 is 11.6 Å². The lowest BCUT2D eigenvalue weighted by molar-refractivity contribution is 0.181. The highest BCUT2D eigenvalue weighted by Gasteiger charge is 2.29. The van der Waals surface area contributed by atoms with E-state index in [1.807, 2.05) is 0 Å². The number of aliphatic hydroxyl groups excluding tert-OH is 1. The molecule has 1 aliphatic rings. The van der Waals surface area contributed by atoms with Crippen molar-refractivity contribution in [2.24, 2.45) is 0 Å². The maximum atomic E-state index is 12.8. The summed E-state index contributed by atoms with van der Waals surface area (Å²) in [4.78, 5) is 4.16. The molecule has 1 saturated carbocycles. The summed E-state index contributed by atoms with van der Waals surface area (Å²) in [5, 5.41) is 9.93. The fraction of sp³-hybridized carbons (Fsp3) is 0.312. The first kappa shape index (κ1) is 16.4. The highest BCUT2D eigenvalue weighted by molar-refractivity contribution is 7.89. The third kappa shape index (κ3) is 3.55. The van der Waals surface area contributed by atoms with E-state index in [1.165, 1.54) is 6.07 Å². The lowest BCUT2D eigenvalue weighted by Gasteiger charge is -2.16. The number of nitrogens with one attached hydrogen (secondary N) is 1. The van der Waals surface area contributed by atoms with Gasteiger partial charge in [0.1, 0.15) is 0 Å². The van der Waals surface area contributed by atoms with Crippen LogP contribution in [0.5, 0.6) is 0 Å². The summed E-state index contributed by atoms with van der Waals surface area (Å²) in [7, 11) is -3.74. The molecule has 0 unspecified atom stereocenters. The average molecular weight is 353 g/mol. The number of sulfonamides is 1. The summed E-state index contributed by atoms with van der Waals surface area (Å²) in [5.74, 6) is 0. The highest BCUT2D eigenvalue weighted by atomic mass is 35.5. The van der Waals surface area contributed by atoms with Crippen molar-refractivity contribution < 1.29 is 13.5 Å². The molecule has 2 N–H and O–H groups in total. The predicted molar refractivity (Wildman–Crippen MR) is 88.7 cm³/mol. The number of pyridine rings is 1. The van der Waals surface area contributed by atoms with Crippen molar-refractivity contribution in [3.05, 3.63) is 47.7 Å². The molecule has 2 aromatic rings. The van der Waals surface area contributed by atoms with Gasteiger partial charge in [0.05, 0.1) is 11.0 Å². The van der Waals surface area contributed by atoms with E-state index < -0.39 is 16.1 Å². The van der Waals surface area contributed by atoms with Crippen LogP contribution in [0, 0.1) is 0 Å². The summed E-state index contributed by atoms with van der Waals surface area (Å²) in [6.45, 7) is 0. The van der Waals surface area contributed by atoms with E-state index in [-0.39, 0.29) is 10.9 Å². The van der Waals surface area contributed by atoms with E-state index in [4.69, 9.17) is 11.6 Å². The summed E-state index contributed by atoms with van der Waals surface area (Å²) in [6, 6.07) is 8.04. The van der Waals surface area contributed by atoms with E-state index in [9.17, 15) is 13.5 Å². The number of aromatic nitrogens is 1. The van der Waals surface area contributed by atoms with Gasteiger partial charge in [-0.05, 0) is 37.5 Å². The van der Waals surface area contributed by atoms with Crippen LogP contribution in [0.25, 0.3) is 11.1 Å². The molecule has 0 amide bonds. The third-order valence-corrected chi connectivity index (χ3v) is 5.82. The molecule has 23 heavy (non-hydrogen) atoms. The molecule has 0 saturated heterocycles. The van der Waals surface area contributed by atoms with Gasteiger partial charge < -0.3 is 5.11 Å². The third-order valence-electron chi connectivity index (χ3n) is 3.94. The Morgan fingerprint density at radius 3 is 2.70 bits per heavy atom. The minimum Gasteiger partial charge on any atom is -0.393 e. The van der Waals surface area contributed by atoms with Gasteiger partial charge in [-0.2, -0.15) is 0 Å². The molecule has 0 aliphatic heterocycles. The zero-order chi connectivity index (χ0) is 16.4. The number of benzene rings is 1.